The Balaban J connectivity index is 1.84. The van der Waals surface area contributed by atoms with Gasteiger partial charge in [-0.1, -0.05) is 31.2 Å². The van der Waals surface area contributed by atoms with Crippen molar-refractivity contribution in [3.63, 3.8) is 0 Å². The minimum Gasteiger partial charge on any atom is -0.482 e. The van der Waals surface area contributed by atoms with Crippen molar-refractivity contribution in [1.29, 1.82) is 0 Å². The summed E-state index contributed by atoms with van der Waals surface area (Å²) in [6.07, 6.45) is 1.67. The van der Waals surface area contributed by atoms with Gasteiger partial charge in [0.25, 0.3) is 5.91 Å². The molecule has 0 saturated carbocycles. The van der Waals surface area contributed by atoms with E-state index >= 15 is 0 Å². The van der Waals surface area contributed by atoms with Gasteiger partial charge in [-0.25, -0.2) is 9.79 Å². The van der Waals surface area contributed by atoms with Crippen molar-refractivity contribution in [2.45, 2.75) is 26.4 Å². The molecule has 0 aliphatic carbocycles. The molecule has 0 spiro atoms. The van der Waals surface area contributed by atoms with Crippen LogP contribution in [0.2, 0.25) is 0 Å². The van der Waals surface area contributed by atoms with E-state index in [1.807, 2.05) is 13.0 Å². The summed E-state index contributed by atoms with van der Waals surface area (Å²) < 4.78 is 5.84. The molecule has 7 nitrogen and oxygen atoms in total. The van der Waals surface area contributed by atoms with Gasteiger partial charge in [0.05, 0.1) is 16.2 Å². The van der Waals surface area contributed by atoms with Gasteiger partial charge in [0, 0.05) is 5.56 Å². The number of para-hydroxylation sites is 1. The molecule has 154 valence electrons. The number of amides is 1. The van der Waals surface area contributed by atoms with Crippen LogP contribution in [0, 0.1) is 0 Å². The molecule has 3 rings (SSSR count). The third-order valence-electron chi connectivity index (χ3n) is 4.27. The number of aliphatic imine (C=N–C) groups is 1. The number of carboxylic acid groups (broad SMARTS) is 1. The first-order valence-electron chi connectivity index (χ1n) is 9.26. The zero-order valence-electron chi connectivity index (χ0n) is 16.4. The van der Waals surface area contributed by atoms with Crippen LogP contribution in [0.4, 0.5) is 5.69 Å². The molecule has 1 amide bonds. The first-order valence-corrected chi connectivity index (χ1v) is 10.1. The molecule has 0 aromatic heterocycles. The Hall–Kier alpha value is -3.39. The van der Waals surface area contributed by atoms with E-state index in [2.05, 4.69) is 10.3 Å². The number of carbonyl (C=O) groups excluding carboxylic acids is 2. The van der Waals surface area contributed by atoms with Crippen molar-refractivity contribution < 1.29 is 24.2 Å². The van der Waals surface area contributed by atoms with E-state index in [1.165, 1.54) is 19.1 Å². The smallest absolute Gasteiger partial charge is 0.335 e. The van der Waals surface area contributed by atoms with Crippen molar-refractivity contribution in [3.8, 4) is 5.75 Å². The predicted octanol–water partition coefficient (Wildman–Crippen LogP) is 4.02. The van der Waals surface area contributed by atoms with E-state index in [0.717, 1.165) is 11.8 Å². The maximum absolute atomic E-state index is 12.4. The minimum absolute atomic E-state index is 0.0639. The number of thioether (sulfide) groups is 1. The summed E-state index contributed by atoms with van der Waals surface area (Å²) in [7, 11) is 0. The molecule has 8 heteroatoms. The summed E-state index contributed by atoms with van der Waals surface area (Å²) in [6.45, 7) is 3.35. The highest BCUT2D eigenvalue weighted by atomic mass is 32.2. The SMILES string of the molecule is CCC(Oc1ccccc1/C=C1\SC(=Nc2cccc(C(=O)O)c2)NC1=O)C(C)=O. The minimum atomic E-state index is -1.05. The molecule has 1 atom stereocenters. The number of rotatable bonds is 7. The molecule has 2 N–H and O–H groups in total. The van der Waals surface area contributed by atoms with Crippen LogP contribution in [0.15, 0.2) is 58.4 Å². The highest BCUT2D eigenvalue weighted by Gasteiger charge is 2.25. The average Bonchev–Trinajstić information content (AvgIpc) is 3.05. The summed E-state index contributed by atoms with van der Waals surface area (Å²) >= 11 is 1.14. The molecule has 2 aromatic rings. The summed E-state index contributed by atoms with van der Waals surface area (Å²) in [6, 6.07) is 13.3. The molecule has 1 aliphatic heterocycles. The molecule has 1 heterocycles. The second-order valence-electron chi connectivity index (χ2n) is 6.50. The zero-order valence-corrected chi connectivity index (χ0v) is 17.2. The molecule has 2 aromatic carbocycles. The molecule has 1 unspecified atom stereocenters. The third kappa shape index (κ3) is 5.15. The second-order valence-corrected chi connectivity index (χ2v) is 7.53. The van der Waals surface area contributed by atoms with E-state index in [9.17, 15) is 14.4 Å². The number of nitrogens with one attached hydrogen (secondary N) is 1. The standard InChI is InChI=1S/C22H20N2O5S/c1-3-17(13(2)25)29-18-10-5-4-7-14(18)12-19-20(26)24-22(30-19)23-16-9-6-8-15(11-16)21(27)28/h4-12,17H,3H2,1-2H3,(H,27,28)(H,23,24,26)/b19-12-. The fourth-order valence-electron chi connectivity index (χ4n) is 2.76. The van der Waals surface area contributed by atoms with E-state index in [4.69, 9.17) is 9.84 Å². The van der Waals surface area contributed by atoms with Crippen LogP contribution in [0.25, 0.3) is 6.08 Å². The molecule has 0 radical (unpaired) electrons. The normalized spacial score (nSPS) is 17.1. The van der Waals surface area contributed by atoms with Crippen LogP contribution in [-0.2, 0) is 9.59 Å². The summed E-state index contributed by atoms with van der Waals surface area (Å²) in [5, 5.41) is 12.1. The van der Waals surface area contributed by atoms with Crippen molar-refractivity contribution in [3.05, 3.63) is 64.6 Å². The quantitative estimate of drug-likeness (QED) is 0.651. The summed E-state index contributed by atoms with van der Waals surface area (Å²) in [5.41, 5.74) is 1.21. The maximum atomic E-state index is 12.4. The van der Waals surface area contributed by atoms with E-state index in [1.54, 1.807) is 36.4 Å². The zero-order chi connectivity index (χ0) is 21.7. The molecular formula is C22H20N2O5S. The summed E-state index contributed by atoms with van der Waals surface area (Å²) in [5.74, 6) is -0.916. The van der Waals surface area contributed by atoms with Crippen LogP contribution in [0.1, 0.15) is 36.2 Å². The van der Waals surface area contributed by atoms with E-state index < -0.39 is 12.1 Å². The van der Waals surface area contributed by atoms with Gasteiger partial charge in [0.15, 0.2) is 17.1 Å². The molecule has 1 fully saturated rings. The van der Waals surface area contributed by atoms with E-state index in [0.29, 0.717) is 33.5 Å². The number of nitrogens with zero attached hydrogens (tertiary/aromatic N) is 1. The molecule has 30 heavy (non-hydrogen) atoms. The number of hydrogen-bond acceptors (Lipinski definition) is 6. The Labute approximate surface area is 177 Å². The number of hydrogen-bond donors (Lipinski definition) is 2. The largest absolute Gasteiger partial charge is 0.482 e. The van der Waals surface area contributed by atoms with Gasteiger partial charge < -0.3 is 15.2 Å². The van der Waals surface area contributed by atoms with Gasteiger partial charge in [0.1, 0.15) is 5.75 Å². The van der Waals surface area contributed by atoms with E-state index in [-0.39, 0.29) is 17.3 Å². The Bertz CT molecular complexity index is 1060. The van der Waals surface area contributed by atoms with Crippen molar-refractivity contribution >= 4 is 46.4 Å². The maximum Gasteiger partial charge on any atom is 0.335 e. The topological polar surface area (TPSA) is 105 Å². The number of Topliss-reactive ketones (excluding diaryl/α,β-unsaturated/α-hetero) is 1. The third-order valence-corrected chi connectivity index (χ3v) is 5.18. The van der Waals surface area contributed by atoms with Crippen LogP contribution in [-0.4, -0.2) is 34.0 Å². The molecule has 0 bridgehead atoms. The average molecular weight is 424 g/mol. The van der Waals surface area contributed by atoms with Crippen LogP contribution >= 0.6 is 11.8 Å². The van der Waals surface area contributed by atoms with Gasteiger partial charge in [-0.2, -0.15) is 0 Å². The lowest BCUT2D eigenvalue weighted by Gasteiger charge is -2.16. The van der Waals surface area contributed by atoms with Crippen molar-refractivity contribution in [1.82, 2.24) is 5.32 Å². The number of ketones is 1. The monoisotopic (exact) mass is 424 g/mol. The van der Waals surface area contributed by atoms with Gasteiger partial charge in [-0.3, -0.25) is 9.59 Å². The Morgan fingerprint density at radius 3 is 2.70 bits per heavy atom. The number of carboxylic acids is 1. The van der Waals surface area contributed by atoms with Crippen LogP contribution < -0.4 is 10.1 Å². The number of amidine groups is 1. The number of ether oxygens (including phenoxy) is 1. The fourth-order valence-corrected chi connectivity index (χ4v) is 3.59. The first-order chi connectivity index (χ1) is 14.4. The molecule has 1 saturated heterocycles. The second kappa shape index (κ2) is 9.41. The number of aromatic carboxylic acids is 1. The van der Waals surface area contributed by atoms with Crippen molar-refractivity contribution in [2.75, 3.05) is 0 Å². The first kappa shape index (κ1) is 21.3. The van der Waals surface area contributed by atoms with Gasteiger partial charge in [-0.05, 0) is 55.4 Å². The lowest BCUT2D eigenvalue weighted by atomic mass is 10.1. The molecular weight excluding hydrogens is 404 g/mol. The van der Waals surface area contributed by atoms with Crippen LogP contribution in [0.3, 0.4) is 0 Å². The van der Waals surface area contributed by atoms with Gasteiger partial charge in [-0.15, -0.1) is 0 Å². The van der Waals surface area contributed by atoms with Gasteiger partial charge in [0.2, 0.25) is 0 Å². The Morgan fingerprint density at radius 1 is 1.23 bits per heavy atom. The fraction of sp³-hybridized carbons (Fsp3) is 0.182. The Morgan fingerprint density at radius 2 is 2.00 bits per heavy atom. The Kier molecular flexibility index (Phi) is 6.68. The van der Waals surface area contributed by atoms with Crippen LogP contribution in [0.5, 0.6) is 5.75 Å². The molecule has 1 aliphatic rings. The highest BCUT2D eigenvalue weighted by Crippen LogP contribution is 2.31. The number of carbonyl (C=O) groups is 3. The number of benzene rings is 2. The lowest BCUT2D eigenvalue weighted by Crippen LogP contribution is -2.24. The summed E-state index contributed by atoms with van der Waals surface area (Å²) in [4.78, 5) is 39.9. The highest BCUT2D eigenvalue weighted by molar-refractivity contribution is 8.18. The van der Waals surface area contributed by atoms with Gasteiger partial charge >= 0.3 is 5.97 Å². The predicted molar refractivity (Wildman–Crippen MR) is 116 cm³/mol. The lowest BCUT2D eigenvalue weighted by molar-refractivity contribution is -0.123. The van der Waals surface area contributed by atoms with Crippen molar-refractivity contribution in [2.24, 2.45) is 4.99 Å².